The van der Waals surface area contributed by atoms with E-state index in [0.717, 1.165) is 64.2 Å². The van der Waals surface area contributed by atoms with E-state index in [1.54, 1.807) is 0 Å². The monoisotopic (exact) mass is 919 g/mol. The van der Waals surface area contributed by atoms with Gasteiger partial charge in [-0.2, -0.15) is 0 Å². The van der Waals surface area contributed by atoms with Crippen LogP contribution >= 0.6 is 7.82 Å². The second-order valence-electron chi connectivity index (χ2n) is 17.7. The molecule has 6 unspecified atom stereocenters. The highest BCUT2D eigenvalue weighted by Crippen LogP contribution is 2.47. The number of carbonyl (C=O) groups is 2. The number of hydrogen-bond donors (Lipinski definition) is 6. The molecule has 63 heavy (non-hydrogen) atoms. The maximum Gasteiger partial charge on any atom is 0.472 e. The molecule has 0 amide bonds. The number of rotatable bonds is 42. The molecule has 0 radical (unpaired) electrons. The average Bonchev–Trinajstić information content (AvgIpc) is 3.26. The summed E-state index contributed by atoms with van der Waals surface area (Å²) in [6.45, 7) is 3.27. The summed E-state index contributed by atoms with van der Waals surface area (Å²) in [7, 11) is -5.12. The number of ether oxygens (including phenoxy) is 2. The summed E-state index contributed by atoms with van der Waals surface area (Å²) < 4.78 is 33.5. The average molecular weight is 919 g/mol. The molecule has 6 atom stereocenters. The Balaban J connectivity index is 2.35. The largest absolute Gasteiger partial charge is 0.472 e. The molecule has 1 fully saturated rings. The van der Waals surface area contributed by atoms with Crippen molar-refractivity contribution in [3.8, 4) is 0 Å². The summed E-state index contributed by atoms with van der Waals surface area (Å²) in [4.78, 5) is 35.7. The van der Waals surface area contributed by atoms with Crippen molar-refractivity contribution < 1.29 is 63.1 Å². The Morgan fingerprint density at radius 2 is 0.825 bits per heavy atom. The third-order valence-corrected chi connectivity index (χ3v) is 12.8. The smallest absolute Gasteiger partial charge is 0.462 e. The second-order valence-corrected chi connectivity index (χ2v) is 19.1. The van der Waals surface area contributed by atoms with Crippen molar-refractivity contribution >= 4 is 19.8 Å². The first-order valence-electron chi connectivity index (χ1n) is 25.1. The van der Waals surface area contributed by atoms with E-state index in [1.807, 2.05) is 0 Å². The summed E-state index contributed by atoms with van der Waals surface area (Å²) in [5.74, 6) is -1.11. The van der Waals surface area contributed by atoms with Gasteiger partial charge in [-0.05, 0) is 57.8 Å². The highest BCUT2D eigenvalue weighted by atomic mass is 31.2. The highest BCUT2D eigenvalue weighted by molar-refractivity contribution is 7.47. The molecule has 0 heterocycles. The van der Waals surface area contributed by atoms with Gasteiger partial charge in [0, 0.05) is 12.8 Å². The quantitative estimate of drug-likeness (QED) is 0.0146. The minimum atomic E-state index is -5.12. The van der Waals surface area contributed by atoms with E-state index in [9.17, 15) is 44.6 Å². The topological polar surface area (TPSA) is 210 Å². The van der Waals surface area contributed by atoms with Crippen molar-refractivity contribution in [2.24, 2.45) is 0 Å². The fraction of sp³-hybridized carbons (Fsp3) is 0.878. The normalized spacial score (nSPS) is 21.8. The summed E-state index contributed by atoms with van der Waals surface area (Å²) in [5, 5.41) is 50.2. The standard InChI is InChI=1S/C49H91O13P/c1-3-5-7-9-11-13-15-16-17-18-19-20-21-22-23-24-25-26-28-30-32-34-36-38-43(51)61-41(39-59-42(50)37-35-33-31-29-27-14-12-10-8-6-4-2)40-60-63(57,58)62-49-47(55)45(53)44(52)46(54)48(49)56/h10,12,18-19,41,44-49,52-56H,3-9,11,13-17,20-40H2,1-2H3,(H,57,58)/b12-10-,19-18-. The fourth-order valence-electron chi connectivity index (χ4n) is 7.68. The van der Waals surface area contributed by atoms with E-state index in [-0.39, 0.29) is 12.8 Å². The first-order valence-corrected chi connectivity index (χ1v) is 26.6. The zero-order valence-electron chi connectivity index (χ0n) is 39.4. The van der Waals surface area contributed by atoms with Crippen molar-refractivity contribution in [1.82, 2.24) is 0 Å². The molecule has 0 bridgehead atoms. The Morgan fingerprint density at radius 1 is 0.476 bits per heavy atom. The molecular weight excluding hydrogens is 827 g/mol. The summed E-state index contributed by atoms with van der Waals surface area (Å²) in [6.07, 6.45) is 31.0. The van der Waals surface area contributed by atoms with Crippen LogP contribution in [0.15, 0.2) is 24.3 Å². The van der Waals surface area contributed by atoms with Gasteiger partial charge in [-0.15, -0.1) is 0 Å². The lowest BCUT2D eigenvalue weighted by molar-refractivity contribution is -0.220. The number of allylic oxidation sites excluding steroid dienone is 4. The Bertz CT molecular complexity index is 1200. The highest BCUT2D eigenvalue weighted by Gasteiger charge is 2.51. The number of carbonyl (C=O) groups excluding carboxylic acids is 2. The number of hydrogen-bond acceptors (Lipinski definition) is 12. The van der Waals surface area contributed by atoms with Gasteiger partial charge >= 0.3 is 19.8 Å². The van der Waals surface area contributed by atoms with Gasteiger partial charge in [0.1, 0.15) is 43.2 Å². The van der Waals surface area contributed by atoms with Crippen molar-refractivity contribution in [1.29, 1.82) is 0 Å². The molecule has 0 aromatic carbocycles. The molecule has 0 spiro atoms. The van der Waals surface area contributed by atoms with Crippen LogP contribution in [0.2, 0.25) is 0 Å². The third-order valence-electron chi connectivity index (χ3n) is 11.8. The van der Waals surface area contributed by atoms with Crippen LogP contribution in [0, 0.1) is 0 Å². The lowest BCUT2D eigenvalue weighted by Gasteiger charge is -2.41. The van der Waals surface area contributed by atoms with Crippen LogP contribution in [-0.2, 0) is 32.7 Å². The van der Waals surface area contributed by atoms with Gasteiger partial charge in [0.2, 0.25) is 0 Å². The van der Waals surface area contributed by atoms with Gasteiger partial charge in [-0.25, -0.2) is 4.57 Å². The lowest BCUT2D eigenvalue weighted by Crippen LogP contribution is -2.64. The zero-order chi connectivity index (χ0) is 46.4. The van der Waals surface area contributed by atoms with Gasteiger partial charge in [0.15, 0.2) is 6.10 Å². The van der Waals surface area contributed by atoms with E-state index < -0.39 is 75.7 Å². The molecular formula is C49H91O13P. The van der Waals surface area contributed by atoms with E-state index in [4.69, 9.17) is 18.5 Å². The first kappa shape index (κ1) is 59.3. The van der Waals surface area contributed by atoms with Crippen molar-refractivity contribution in [3.05, 3.63) is 24.3 Å². The molecule has 0 aromatic heterocycles. The molecule has 13 nitrogen and oxygen atoms in total. The Hall–Kier alpha value is -1.67. The predicted octanol–water partition coefficient (Wildman–Crippen LogP) is 10.4. The van der Waals surface area contributed by atoms with Crippen molar-refractivity contribution in [3.63, 3.8) is 0 Å². The maximum absolute atomic E-state index is 12.8. The van der Waals surface area contributed by atoms with Crippen molar-refractivity contribution in [2.75, 3.05) is 13.2 Å². The Kier molecular flexibility index (Phi) is 37.2. The molecule has 0 saturated heterocycles. The van der Waals surface area contributed by atoms with Gasteiger partial charge < -0.3 is 39.9 Å². The van der Waals surface area contributed by atoms with Gasteiger partial charge in [-0.1, -0.05) is 173 Å². The molecule has 1 saturated carbocycles. The number of aliphatic hydroxyl groups is 5. The molecule has 1 aliphatic rings. The van der Waals surface area contributed by atoms with Gasteiger partial charge in [0.25, 0.3) is 0 Å². The predicted molar refractivity (Wildman–Crippen MR) is 249 cm³/mol. The van der Waals surface area contributed by atoms with E-state index in [1.165, 1.54) is 116 Å². The number of phosphoric acid groups is 1. The van der Waals surface area contributed by atoms with E-state index in [2.05, 4.69) is 38.2 Å². The minimum absolute atomic E-state index is 0.0964. The summed E-state index contributed by atoms with van der Waals surface area (Å²) >= 11 is 0. The molecule has 1 aliphatic carbocycles. The fourth-order valence-corrected chi connectivity index (χ4v) is 8.65. The maximum atomic E-state index is 12.8. The number of aliphatic hydroxyl groups excluding tert-OH is 5. The van der Waals surface area contributed by atoms with Crippen LogP contribution in [0.5, 0.6) is 0 Å². The lowest BCUT2D eigenvalue weighted by atomic mass is 9.85. The third kappa shape index (κ3) is 31.8. The van der Waals surface area contributed by atoms with Crippen LogP contribution in [0.25, 0.3) is 0 Å². The molecule has 0 aromatic rings. The van der Waals surface area contributed by atoms with Crippen LogP contribution < -0.4 is 0 Å². The zero-order valence-corrected chi connectivity index (χ0v) is 40.3. The van der Waals surface area contributed by atoms with Crippen LogP contribution in [0.4, 0.5) is 0 Å². The van der Waals surface area contributed by atoms with Gasteiger partial charge in [0.05, 0.1) is 6.61 Å². The second kappa shape index (κ2) is 39.5. The number of esters is 2. The van der Waals surface area contributed by atoms with E-state index in [0.29, 0.717) is 12.8 Å². The van der Waals surface area contributed by atoms with Gasteiger partial charge in [-0.3, -0.25) is 18.6 Å². The molecule has 6 N–H and O–H groups in total. The number of unbranched alkanes of at least 4 members (excludes halogenated alkanes) is 26. The van der Waals surface area contributed by atoms with Crippen LogP contribution in [0.1, 0.15) is 219 Å². The first-order chi connectivity index (χ1) is 30.4. The minimum Gasteiger partial charge on any atom is -0.462 e. The SMILES string of the molecule is CCCC/C=C\CCCCCCCC(=O)OCC(COP(=O)(O)OC1C(O)C(O)C(O)C(O)C1O)OC(=O)CCCCCCCCCCCCC/C=C\CCCCCCCCCC. The molecule has 14 heteroatoms. The summed E-state index contributed by atoms with van der Waals surface area (Å²) in [6, 6.07) is 0. The molecule has 1 rings (SSSR count). The van der Waals surface area contributed by atoms with Crippen LogP contribution in [-0.4, -0.2) is 98.3 Å². The Morgan fingerprint density at radius 3 is 1.25 bits per heavy atom. The van der Waals surface area contributed by atoms with Crippen LogP contribution in [0.3, 0.4) is 0 Å². The molecule has 0 aliphatic heterocycles. The van der Waals surface area contributed by atoms with E-state index >= 15 is 0 Å². The summed E-state index contributed by atoms with van der Waals surface area (Å²) in [5.41, 5.74) is 0. The number of phosphoric ester groups is 1. The molecule has 370 valence electrons. The van der Waals surface area contributed by atoms with Crippen molar-refractivity contribution in [2.45, 2.75) is 262 Å². The Labute approximate surface area is 381 Å².